The van der Waals surface area contributed by atoms with Gasteiger partial charge in [0.05, 0.1) is 19.8 Å². The number of pyridine rings is 2. The van der Waals surface area contributed by atoms with E-state index in [0.29, 0.717) is 34.0 Å². The fourth-order valence-electron chi connectivity index (χ4n) is 5.35. The summed E-state index contributed by atoms with van der Waals surface area (Å²) in [5, 5.41) is 0.318. The molecule has 1 aliphatic heterocycles. The van der Waals surface area contributed by atoms with Crippen molar-refractivity contribution in [3.63, 3.8) is 0 Å². The number of nitrogens with zero attached hydrogens (tertiary/aromatic N) is 6. The van der Waals surface area contributed by atoms with Gasteiger partial charge in [-0.25, -0.2) is 29.1 Å². The lowest BCUT2D eigenvalue weighted by atomic mass is 10.1. The summed E-state index contributed by atoms with van der Waals surface area (Å²) in [6.07, 6.45) is 6.76. The van der Waals surface area contributed by atoms with Gasteiger partial charge >= 0.3 is 5.97 Å². The van der Waals surface area contributed by atoms with Crippen LogP contribution in [0.4, 0.5) is 4.39 Å². The molecule has 2 fully saturated rings. The number of hydrogen-bond acceptors (Lipinski definition) is 9. The summed E-state index contributed by atoms with van der Waals surface area (Å²) >= 11 is 5.88. The number of imidazole rings is 1. The summed E-state index contributed by atoms with van der Waals surface area (Å²) in [6.45, 7) is 1.32. The highest BCUT2D eigenvalue weighted by Crippen LogP contribution is 2.54. The molecular weight excluding hydrogens is 575 g/mol. The molecule has 1 saturated heterocycles. The Morgan fingerprint density at radius 3 is 2.72 bits per heavy atom. The van der Waals surface area contributed by atoms with E-state index in [-0.39, 0.29) is 36.1 Å². The van der Waals surface area contributed by atoms with Crippen LogP contribution >= 0.6 is 11.6 Å². The quantitative estimate of drug-likeness (QED) is 0.202. The predicted molar refractivity (Wildman–Crippen MR) is 154 cm³/mol. The Hall–Kier alpha value is -4.48. The molecule has 1 aromatic carbocycles. The summed E-state index contributed by atoms with van der Waals surface area (Å²) in [5.41, 5.74) is 4.17. The van der Waals surface area contributed by atoms with Crippen molar-refractivity contribution in [1.29, 1.82) is 0 Å². The fraction of sp³-hybridized carbons (Fsp3) is 0.290. The number of hydrogen-bond donors (Lipinski definition) is 0. The predicted octanol–water partition coefficient (Wildman–Crippen LogP) is 5.50. The molecule has 7 rings (SSSR count). The second-order valence-electron chi connectivity index (χ2n) is 10.5. The number of ether oxygens (including phenoxy) is 3. The van der Waals surface area contributed by atoms with Crippen LogP contribution in [0, 0.1) is 5.82 Å². The molecule has 3 unspecified atom stereocenters. The number of carbonyl (C=O) groups is 1. The lowest BCUT2D eigenvalue weighted by Gasteiger charge is -2.27. The van der Waals surface area contributed by atoms with Gasteiger partial charge in [-0.2, -0.15) is 0 Å². The van der Waals surface area contributed by atoms with Crippen molar-refractivity contribution in [3.8, 4) is 17.1 Å². The third-order valence-corrected chi connectivity index (χ3v) is 8.03. The van der Waals surface area contributed by atoms with E-state index in [4.69, 9.17) is 30.8 Å². The average molecular weight is 601 g/mol. The highest BCUT2D eigenvalue weighted by molar-refractivity contribution is 6.30. The molecule has 43 heavy (non-hydrogen) atoms. The van der Waals surface area contributed by atoms with Crippen molar-refractivity contribution < 1.29 is 23.4 Å². The number of carbonyl (C=O) groups excluding carboxylic acids is 1. The zero-order valence-corrected chi connectivity index (χ0v) is 23.9. The topological polar surface area (TPSA) is 114 Å². The fourth-order valence-corrected chi connectivity index (χ4v) is 5.51. The maximum atomic E-state index is 14.3. The van der Waals surface area contributed by atoms with Crippen molar-refractivity contribution in [3.05, 3.63) is 94.7 Å². The second kappa shape index (κ2) is 11.3. The molecule has 10 nitrogen and oxygen atoms in total. The first-order chi connectivity index (χ1) is 21.0. The van der Waals surface area contributed by atoms with Crippen LogP contribution in [0.1, 0.15) is 52.2 Å². The highest BCUT2D eigenvalue weighted by Gasteiger charge is 2.44. The van der Waals surface area contributed by atoms with E-state index < -0.39 is 11.8 Å². The van der Waals surface area contributed by atoms with Crippen LogP contribution < -0.4 is 4.74 Å². The van der Waals surface area contributed by atoms with Gasteiger partial charge < -0.3 is 18.8 Å². The van der Waals surface area contributed by atoms with E-state index in [1.165, 1.54) is 19.4 Å². The van der Waals surface area contributed by atoms with E-state index in [0.717, 1.165) is 36.5 Å². The Bertz CT molecular complexity index is 1840. The molecule has 0 amide bonds. The molecule has 2 aliphatic rings. The van der Waals surface area contributed by atoms with E-state index in [1.54, 1.807) is 36.7 Å². The molecule has 0 bridgehead atoms. The molecule has 218 valence electrons. The molecule has 0 spiro atoms. The van der Waals surface area contributed by atoms with Gasteiger partial charge in [0.25, 0.3) is 0 Å². The van der Waals surface area contributed by atoms with E-state index in [1.807, 2.05) is 12.1 Å². The molecule has 12 heteroatoms. The number of esters is 1. The highest BCUT2D eigenvalue weighted by atomic mass is 35.5. The Kier molecular flexibility index (Phi) is 7.20. The van der Waals surface area contributed by atoms with Crippen LogP contribution in [0.2, 0.25) is 5.02 Å². The molecule has 4 aromatic heterocycles. The van der Waals surface area contributed by atoms with Gasteiger partial charge in [0.15, 0.2) is 11.3 Å². The van der Waals surface area contributed by atoms with Gasteiger partial charge in [-0.3, -0.25) is 4.98 Å². The first-order valence-electron chi connectivity index (χ1n) is 13.9. The van der Waals surface area contributed by atoms with Gasteiger partial charge in [0, 0.05) is 58.9 Å². The van der Waals surface area contributed by atoms with Crippen molar-refractivity contribution in [2.45, 2.75) is 43.9 Å². The molecule has 1 saturated carbocycles. The SMILES string of the molecule is COC(=O)c1ccc2nc(C3CC3c3cc(-c4nccnc4OCc4ccc(Cl)cc4F)ccn3)n(CC3CCO3)c2n1. The average Bonchev–Trinajstić information content (AvgIpc) is 3.72. The molecule has 0 radical (unpaired) electrons. The van der Waals surface area contributed by atoms with Crippen molar-refractivity contribution >= 4 is 28.7 Å². The van der Waals surface area contributed by atoms with Crippen LogP contribution in [0.15, 0.2) is 61.1 Å². The normalized spacial score (nSPS) is 19.2. The first-order valence-corrected chi connectivity index (χ1v) is 14.3. The largest absolute Gasteiger partial charge is 0.471 e. The maximum absolute atomic E-state index is 14.3. The molecule has 0 N–H and O–H groups in total. The molecule has 3 atom stereocenters. The lowest BCUT2D eigenvalue weighted by Crippen LogP contribution is -2.31. The Morgan fingerprint density at radius 2 is 1.93 bits per heavy atom. The summed E-state index contributed by atoms with van der Waals surface area (Å²) in [6, 6.07) is 11.7. The summed E-state index contributed by atoms with van der Waals surface area (Å²) in [5.74, 6) is 0.482. The number of methoxy groups -OCH3 is 1. The lowest BCUT2D eigenvalue weighted by molar-refractivity contribution is -0.0590. The minimum atomic E-state index is -0.493. The van der Waals surface area contributed by atoms with Gasteiger partial charge in [-0.05, 0) is 49.2 Å². The number of rotatable bonds is 9. The first kappa shape index (κ1) is 27.4. The van der Waals surface area contributed by atoms with Crippen molar-refractivity contribution in [2.75, 3.05) is 13.7 Å². The third kappa shape index (κ3) is 5.41. The van der Waals surface area contributed by atoms with Crippen LogP contribution in [0.3, 0.4) is 0 Å². The van der Waals surface area contributed by atoms with Crippen LogP contribution in [0.25, 0.3) is 22.4 Å². The molecule has 1 aliphatic carbocycles. The van der Waals surface area contributed by atoms with Crippen LogP contribution in [-0.4, -0.2) is 55.3 Å². The van der Waals surface area contributed by atoms with Gasteiger partial charge in [0.2, 0.25) is 5.88 Å². The second-order valence-corrected chi connectivity index (χ2v) is 11.0. The van der Waals surface area contributed by atoms with E-state index in [9.17, 15) is 9.18 Å². The Morgan fingerprint density at radius 1 is 1.07 bits per heavy atom. The number of halogens is 2. The Balaban J connectivity index is 1.16. The molecule has 5 aromatic rings. The smallest absolute Gasteiger partial charge is 0.356 e. The number of benzene rings is 1. The molecular formula is C31H26ClFN6O4. The zero-order valence-electron chi connectivity index (χ0n) is 23.1. The van der Waals surface area contributed by atoms with Gasteiger partial charge in [0.1, 0.15) is 29.5 Å². The minimum Gasteiger partial charge on any atom is -0.471 e. The number of fused-ring (bicyclic) bond motifs is 1. The summed E-state index contributed by atoms with van der Waals surface area (Å²) in [7, 11) is 1.34. The van der Waals surface area contributed by atoms with E-state index >= 15 is 0 Å². The summed E-state index contributed by atoms with van der Waals surface area (Å²) < 4.78 is 32.9. The van der Waals surface area contributed by atoms with Crippen LogP contribution in [0.5, 0.6) is 5.88 Å². The standard InChI is InChI=1S/C31H26ClFN6O4/c1-41-31(40)25-5-4-24-29(38-25)39(15-20-7-11-42-20)28(37-24)22-14-21(22)26-12-17(6-8-34-26)27-30(36-10-9-35-27)43-16-18-2-3-19(32)13-23(18)33/h2-6,8-10,12-13,20-22H,7,11,14-16H2,1H3. The molecule has 5 heterocycles. The zero-order chi connectivity index (χ0) is 29.5. The van der Waals surface area contributed by atoms with Gasteiger partial charge in [-0.1, -0.05) is 17.7 Å². The van der Waals surface area contributed by atoms with Crippen molar-refractivity contribution in [2.24, 2.45) is 0 Å². The summed E-state index contributed by atoms with van der Waals surface area (Å²) in [4.78, 5) is 35.2. The number of aromatic nitrogens is 6. The van der Waals surface area contributed by atoms with E-state index in [2.05, 4.69) is 24.5 Å². The van der Waals surface area contributed by atoms with Crippen molar-refractivity contribution in [1.82, 2.24) is 29.5 Å². The Labute approximate surface area is 250 Å². The monoisotopic (exact) mass is 600 g/mol. The maximum Gasteiger partial charge on any atom is 0.356 e. The third-order valence-electron chi connectivity index (χ3n) is 7.80. The van der Waals surface area contributed by atoms with Crippen LogP contribution in [-0.2, 0) is 22.6 Å². The minimum absolute atomic E-state index is 0.0238. The van der Waals surface area contributed by atoms with Gasteiger partial charge in [-0.15, -0.1) is 0 Å².